The van der Waals surface area contributed by atoms with Gasteiger partial charge in [-0.05, 0) is 36.4 Å². The molecule has 0 atom stereocenters. The van der Waals surface area contributed by atoms with Crippen molar-refractivity contribution in [1.82, 2.24) is 15.0 Å². The molecule has 4 aromatic rings. The Kier molecular flexibility index (Phi) is 4.83. The minimum Gasteiger partial charge on any atom is -0.507 e. The molecule has 0 saturated heterocycles. The monoisotopic (exact) mass is 409 g/mol. The van der Waals surface area contributed by atoms with Gasteiger partial charge < -0.3 is 10.2 Å². The number of benzene rings is 3. The number of hydrogen-bond donors (Lipinski definition) is 2. The summed E-state index contributed by atoms with van der Waals surface area (Å²) in [5.41, 5.74) is 0.190. The van der Waals surface area contributed by atoms with Crippen LogP contribution >= 0.6 is 0 Å². The van der Waals surface area contributed by atoms with Crippen LogP contribution in [0, 0.1) is 0 Å². The normalized spacial score (nSPS) is 11.4. The third kappa shape index (κ3) is 3.80. The summed E-state index contributed by atoms with van der Waals surface area (Å²) in [6.07, 6.45) is -4.46. The topological polar surface area (TPSA) is 79.1 Å². The van der Waals surface area contributed by atoms with E-state index in [4.69, 9.17) is 0 Å². The van der Waals surface area contributed by atoms with Crippen molar-refractivity contribution in [3.63, 3.8) is 0 Å². The first kappa shape index (κ1) is 19.4. The van der Waals surface area contributed by atoms with Gasteiger partial charge in [-0.3, -0.25) is 0 Å². The minimum atomic E-state index is -4.46. The molecule has 150 valence electrons. The lowest BCUT2D eigenvalue weighted by Gasteiger charge is -2.11. The van der Waals surface area contributed by atoms with Crippen LogP contribution in [0.1, 0.15) is 5.56 Å². The van der Waals surface area contributed by atoms with E-state index in [9.17, 15) is 23.4 Å². The fraction of sp³-hybridized carbons (Fsp3) is 0.0455. The lowest BCUT2D eigenvalue weighted by molar-refractivity contribution is -0.137. The Balaban J connectivity index is 1.90. The van der Waals surface area contributed by atoms with Crippen molar-refractivity contribution in [2.24, 2.45) is 0 Å². The Bertz CT molecular complexity index is 1150. The molecule has 2 N–H and O–H groups in total. The SMILES string of the molecule is Oc1ccccc1-c1nc(-c2ccc(C(F)(F)F)cc2)nc(-c2ccccc2O)n1. The van der Waals surface area contributed by atoms with Crippen molar-refractivity contribution in [1.29, 1.82) is 0 Å². The fourth-order valence-corrected chi connectivity index (χ4v) is 2.88. The molecule has 0 aliphatic carbocycles. The molecule has 0 bridgehead atoms. The molecule has 0 radical (unpaired) electrons. The van der Waals surface area contributed by atoms with Gasteiger partial charge in [0.05, 0.1) is 16.7 Å². The summed E-state index contributed by atoms with van der Waals surface area (Å²) in [6.45, 7) is 0. The highest BCUT2D eigenvalue weighted by Gasteiger charge is 2.30. The molecule has 0 fully saturated rings. The summed E-state index contributed by atoms with van der Waals surface area (Å²) in [4.78, 5) is 13.0. The van der Waals surface area contributed by atoms with E-state index in [2.05, 4.69) is 15.0 Å². The van der Waals surface area contributed by atoms with Crippen LogP contribution in [-0.2, 0) is 6.18 Å². The van der Waals surface area contributed by atoms with Crippen LogP contribution in [0.25, 0.3) is 34.2 Å². The van der Waals surface area contributed by atoms with Crippen molar-refractivity contribution in [2.75, 3.05) is 0 Å². The maximum atomic E-state index is 12.9. The van der Waals surface area contributed by atoms with Gasteiger partial charge in [-0.15, -0.1) is 0 Å². The van der Waals surface area contributed by atoms with Gasteiger partial charge >= 0.3 is 6.18 Å². The van der Waals surface area contributed by atoms with E-state index >= 15 is 0 Å². The van der Waals surface area contributed by atoms with Crippen LogP contribution in [0.15, 0.2) is 72.8 Å². The van der Waals surface area contributed by atoms with E-state index in [0.29, 0.717) is 16.7 Å². The lowest BCUT2D eigenvalue weighted by Crippen LogP contribution is -2.05. The van der Waals surface area contributed by atoms with Crippen molar-refractivity contribution in [3.8, 4) is 45.7 Å². The average molecular weight is 409 g/mol. The van der Waals surface area contributed by atoms with Gasteiger partial charge in [0.2, 0.25) is 0 Å². The van der Waals surface area contributed by atoms with Gasteiger partial charge in [-0.2, -0.15) is 13.2 Å². The highest BCUT2D eigenvalue weighted by Crippen LogP contribution is 2.33. The molecular formula is C22H14F3N3O2. The number of alkyl halides is 3. The number of aromatic hydroxyl groups is 2. The van der Waals surface area contributed by atoms with Crippen molar-refractivity contribution in [2.45, 2.75) is 6.18 Å². The van der Waals surface area contributed by atoms with E-state index in [0.717, 1.165) is 12.1 Å². The van der Waals surface area contributed by atoms with Crippen LogP contribution in [0.4, 0.5) is 13.2 Å². The number of nitrogens with zero attached hydrogens (tertiary/aromatic N) is 3. The molecule has 1 heterocycles. The highest BCUT2D eigenvalue weighted by atomic mass is 19.4. The molecule has 0 spiro atoms. The minimum absolute atomic E-state index is 0.0645. The zero-order chi connectivity index (χ0) is 21.3. The zero-order valence-corrected chi connectivity index (χ0v) is 15.3. The third-order valence-corrected chi connectivity index (χ3v) is 4.40. The maximum absolute atomic E-state index is 12.9. The predicted molar refractivity (Wildman–Crippen MR) is 104 cm³/mol. The van der Waals surface area contributed by atoms with Crippen LogP contribution in [-0.4, -0.2) is 25.2 Å². The van der Waals surface area contributed by atoms with Crippen molar-refractivity contribution < 1.29 is 23.4 Å². The van der Waals surface area contributed by atoms with Gasteiger partial charge in [0, 0.05) is 5.56 Å². The standard InChI is InChI=1S/C22H14F3N3O2/c23-22(24,25)14-11-9-13(10-12-14)19-26-20(15-5-1-3-7-17(15)29)28-21(27-19)16-6-2-4-8-18(16)30/h1-12,29-30H. The van der Waals surface area contributed by atoms with Gasteiger partial charge in [-0.1, -0.05) is 36.4 Å². The van der Waals surface area contributed by atoms with E-state index in [1.165, 1.54) is 24.3 Å². The van der Waals surface area contributed by atoms with Gasteiger partial charge in [0.25, 0.3) is 0 Å². The summed E-state index contributed by atoms with van der Waals surface area (Å²) >= 11 is 0. The first-order chi connectivity index (χ1) is 14.3. The predicted octanol–water partition coefficient (Wildman–Crippen LogP) is 5.30. The molecule has 0 amide bonds. The number of rotatable bonds is 3. The molecule has 1 aromatic heterocycles. The zero-order valence-electron chi connectivity index (χ0n) is 15.3. The Morgan fingerprint density at radius 3 is 1.43 bits per heavy atom. The first-order valence-corrected chi connectivity index (χ1v) is 8.83. The van der Waals surface area contributed by atoms with E-state index < -0.39 is 11.7 Å². The van der Waals surface area contributed by atoms with Crippen LogP contribution in [0.2, 0.25) is 0 Å². The molecule has 0 saturated carbocycles. The summed E-state index contributed by atoms with van der Waals surface area (Å²) < 4.78 is 38.7. The molecule has 0 unspecified atom stereocenters. The number of phenolic OH excluding ortho intramolecular Hbond substituents is 2. The smallest absolute Gasteiger partial charge is 0.416 e. The summed E-state index contributed by atoms with van der Waals surface area (Å²) in [7, 11) is 0. The molecular weight excluding hydrogens is 395 g/mol. The highest BCUT2D eigenvalue weighted by molar-refractivity contribution is 5.71. The number of aromatic nitrogens is 3. The maximum Gasteiger partial charge on any atom is 0.416 e. The number of phenols is 2. The molecule has 4 rings (SSSR count). The second-order valence-corrected chi connectivity index (χ2v) is 6.42. The van der Waals surface area contributed by atoms with E-state index in [1.54, 1.807) is 36.4 Å². The fourth-order valence-electron chi connectivity index (χ4n) is 2.88. The molecule has 0 aliphatic heterocycles. The Labute approximate surface area is 169 Å². The third-order valence-electron chi connectivity index (χ3n) is 4.40. The van der Waals surface area contributed by atoms with Gasteiger partial charge in [0.15, 0.2) is 17.5 Å². The van der Waals surface area contributed by atoms with Crippen LogP contribution in [0.5, 0.6) is 11.5 Å². The molecule has 3 aromatic carbocycles. The average Bonchev–Trinajstić information content (AvgIpc) is 2.73. The lowest BCUT2D eigenvalue weighted by atomic mass is 10.1. The molecule has 8 heteroatoms. The summed E-state index contributed by atoms with van der Waals surface area (Å²) in [5, 5.41) is 20.4. The molecule has 30 heavy (non-hydrogen) atoms. The van der Waals surface area contributed by atoms with Crippen molar-refractivity contribution in [3.05, 3.63) is 78.4 Å². The quantitative estimate of drug-likeness (QED) is 0.480. The number of para-hydroxylation sites is 2. The van der Waals surface area contributed by atoms with Gasteiger partial charge in [0.1, 0.15) is 11.5 Å². The second kappa shape index (κ2) is 7.47. The molecule has 0 aliphatic rings. The first-order valence-electron chi connectivity index (χ1n) is 8.83. The van der Waals surface area contributed by atoms with Crippen LogP contribution in [0.3, 0.4) is 0 Å². The largest absolute Gasteiger partial charge is 0.507 e. The van der Waals surface area contributed by atoms with E-state index in [1.807, 2.05) is 0 Å². The number of hydrogen-bond acceptors (Lipinski definition) is 5. The van der Waals surface area contributed by atoms with Crippen molar-refractivity contribution >= 4 is 0 Å². The van der Waals surface area contributed by atoms with Gasteiger partial charge in [-0.25, -0.2) is 15.0 Å². The summed E-state index contributed by atoms with van der Waals surface area (Å²) in [6, 6.07) is 17.2. The van der Waals surface area contributed by atoms with Crippen LogP contribution < -0.4 is 0 Å². The summed E-state index contributed by atoms with van der Waals surface area (Å²) in [5.74, 6) is 0.221. The Morgan fingerprint density at radius 1 is 0.567 bits per heavy atom. The second-order valence-electron chi connectivity index (χ2n) is 6.42. The molecule has 5 nitrogen and oxygen atoms in total. The Hall–Kier alpha value is -3.94. The number of halogens is 3. The Morgan fingerprint density at radius 2 is 1.00 bits per heavy atom. The van der Waals surface area contributed by atoms with E-state index in [-0.39, 0.29) is 29.0 Å².